The fraction of sp³-hybridized carbons (Fsp3) is 0.462. The molecule has 1 aliphatic rings. The van der Waals surface area contributed by atoms with Gasteiger partial charge in [0.05, 0.1) is 0 Å². The lowest BCUT2D eigenvalue weighted by Crippen LogP contribution is -2.52. The van der Waals surface area contributed by atoms with Crippen LogP contribution in [0.25, 0.3) is 0 Å². The first-order valence-electron chi connectivity index (χ1n) is 6.44. The number of amides is 1. The normalized spacial score (nSPS) is 17.7. The van der Waals surface area contributed by atoms with E-state index in [1.54, 1.807) is 0 Å². The van der Waals surface area contributed by atoms with E-state index in [4.69, 9.17) is 0 Å². The number of likely N-dealkylation sites (N-methyl/N-ethyl adjacent to an activating group) is 1. The van der Waals surface area contributed by atoms with E-state index in [-0.39, 0.29) is 22.6 Å². The first-order chi connectivity index (χ1) is 9.83. The number of carbonyl (C=O) groups excluding carboxylic acids is 1. The average Bonchev–Trinajstić information content (AvgIpc) is 2.40. The summed E-state index contributed by atoms with van der Waals surface area (Å²) in [6.07, 6.45) is 0. The third-order valence-electron chi connectivity index (χ3n) is 3.11. The minimum Gasteiger partial charge on any atom is -0.304 e. The number of thioether (sulfide) groups is 1. The molecule has 1 aromatic rings. The molecule has 1 aromatic carbocycles. The van der Waals surface area contributed by atoms with E-state index >= 15 is 0 Å². The number of rotatable bonds is 3. The van der Waals surface area contributed by atoms with Crippen LogP contribution in [0.15, 0.2) is 29.2 Å². The number of hydrogen-bond donors (Lipinski definition) is 1. The highest BCUT2D eigenvalue weighted by molar-refractivity contribution is 8.00. The van der Waals surface area contributed by atoms with Crippen LogP contribution in [0, 0.1) is 0 Å². The van der Waals surface area contributed by atoms with Crippen molar-refractivity contribution < 1.29 is 18.0 Å². The molecule has 116 valence electrons. The molecule has 1 amide bonds. The van der Waals surface area contributed by atoms with Gasteiger partial charge in [0, 0.05) is 36.6 Å². The highest BCUT2D eigenvalue weighted by Crippen LogP contribution is 2.36. The summed E-state index contributed by atoms with van der Waals surface area (Å²) in [5.74, 6) is -0.303. The maximum Gasteiger partial charge on any atom is 0.446 e. The van der Waals surface area contributed by atoms with E-state index in [0.29, 0.717) is 5.56 Å². The minimum absolute atomic E-state index is 0.0682. The largest absolute Gasteiger partial charge is 0.446 e. The van der Waals surface area contributed by atoms with Gasteiger partial charge in [-0.05, 0) is 43.1 Å². The van der Waals surface area contributed by atoms with Crippen LogP contribution in [-0.4, -0.2) is 54.6 Å². The number of nitrogens with one attached hydrogen (secondary N) is 1. The molecule has 8 heteroatoms. The number of carbonyl (C=O) groups is 1. The van der Waals surface area contributed by atoms with Crippen molar-refractivity contribution in [1.29, 1.82) is 0 Å². The molecule has 2 rings (SSSR count). The van der Waals surface area contributed by atoms with E-state index in [2.05, 4.69) is 10.3 Å². The van der Waals surface area contributed by atoms with Crippen molar-refractivity contribution in [2.45, 2.75) is 10.4 Å². The number of alkyl halides is 3. The summed E-state index contributed by atoms with van der Waals surface area (Å²) < 4.78 is 36.6. The SMILES string of the molecule is CN1CCN(NC(=O)c2ccc(SC(F)(F)F)cc2)CC1. The van der Waals surface area contributed by atoms with Crippen molar-refractivity contribution in [2.75, 3.05) is 33.2 Å². The lowest BCUT2D eigenvalue weighted by atomic mass is 10.2. The summed E-state index contributed by atoms with van der Waals surface area (Å²) in [6, 6.07) is 5.41. The number of nitrogens with zero attached hydrogens (tertiary/aromatic N) is 2. The number of hydrogen-bond acceptors (Lipinski definition) is 4. The fourth-order valence-corrected chi connectivity index (χ4v) is 2.47. The smallest absolute Gasteiger partial charge is 0.304 e. The zero-order valence-corrected chi connectivity index (χ0v) is 12.3. The molecule has 1 aliphatic heterocycles. The lowest BCUT2D eigenvalue weighted by Gasteiger charge is -2.32. The van der Waals surface area contributed by atoms with Gasteiger partial charge in [-0.15, -0.1) is 0 Å². The minimum atomic E-state index is -4.32. The maximum atomic E-state index is 12.2. The first kappa shape index (κ1) is 16.1. The predicted molar refractivity (Wildman–Crippen MR) is 74.9 cm³/mol. The number of piperazine rings is 1. The summed E-state index contributed by atoms with van der Waals surface area (Å²) in [7, 11) is 2.01. The van der Waals surface area contributed by atoms with Crippen LogP contribution in [0.3, 0.4) is 0 Å². The Bertz CT molecular complexity index is 484. The third kappa shape index (κ3) is 5.22. The van der Waals surface area contributed by atoms with E-state index in [1.807, 2.05) is 12.1 Å². The Morgan fingerprint density at radius 3 is 2.24 bits per heavy atom. The van der Waals surface area contributed by atoms with Gasteiger partial charge >= 0.3 is 5.51 Å². The van der Waals surface area contributed by atoms with Crippen molar-refractivity contribution >= 4 is 17.7 Å². The van der Waals surface area contributed by atoms with Gasteiger partial charge in [0.2, 0.25) is 0 Å². The Morgan fingerprint density at radius 2 is 1.71 bits per heavy atom. The van der Waals surface area contributed by atoms with Crippen LogP contribution in [0.5, 0.6) is 0 Å². The molecule has 0 atom stereocenters. The van der Waals surface area contributed by atoms with E-state index in [1.165, 1.54) is 24.3 Å². The number of benzene rings is 1. The van der Waals surface area contributed by atoms with E-state index in [9.17, 15) is 18.0 Å². The number of halogens is 3. The molecule has 1 saturated heterocycles. The second kappa shape index (κ2) is 6.67. The highest BCUT2D eigenvalue weighted by Gasteiger charge is 2.29. The van der Waals surface area contributed by atoms with Gasteiger partial charge in [-0.3, -0.25) is 10.2 Å². The van der Waals surface area contributed by atoms with Crippen LogP contribution in [0.4, 0.5) is 13.2 Å². The van der Waals surface area contributed by atoms with Crippen LogP contribution in [0.2, 0.25) is 0 Å². The molecule has 0 unspecified atom stereocenters. The summed E-state index contributed by atoms with van der Waals surface area (Å²) in [4.78, 5) is 14.2. The van der Waals surface area contributed by atoms with Crippen molar-refractivity contribution in [3.63, 3.8) is 0 Å². The summed E-state index contributed by atoms with van der Waals surface area (Å²) in [5.41, 5.74) is -1.21. The van der Waals surface area contributed by atoms with E-state index < -0.39 is 5.51 Å². The molecule has 0 spiro atoms. The molecule has 21 heavy (non-hydrogen) atoms. The quantitative estimate of drug-likeness (QED) is 0.867. The van der Waals surface area contributed by atoms with Gasteiger partial charge in [-0.25, -0.2) is 5.01 Å². The van der Waals surface area contributed by atoms with Gasteiger partial charge in [0.1, 0.15) is 0 Å². The topological polar surface area (TPSA) is 35.6 Å². The molecular formula is C13H16F3N3OS. The second-order valence-corrected chi connectivity index (χ2v) is 5.94. The van der Waals surface area contributed by atoms with Crippen LogP contribution in [-0.2, 0) is 0 Å². The molecule has 4 nitrogen and oxygen atoms in total. The molecule has 0 radical (unpaired) electrons. The fourth-order valence-electron chi connectivity index (χ4n) is 1.93. The first-order valence-corrected chi connectivity index (χ1v) is 7.25. The molecule has 1 heterocycles. The van der Waals surface area contributed by atoms with E-state index in [0.717, 1.165) is 26.2 Å². The van der Waals surface area contributed by atoms with Crippen LogP contribution in [0.1, 0.15) is 10.4 Å². The Labute approximate surface area is 125 Å². The Morgan fingerprint density at radius 1 is 1.14 bits per heavy atom. The van der Waals surface area contributed by atoms with Gasteiger partial charge in [0.25, 0.3) is 5.91 Å². The molecule has 0 saturated carbocycles. The zero-order valence-electron chi connectivity index (χ0n) is 11.5. The molecule has 0 bridgehead atoms. The summed E-state index contributed by atoms with van der Waals surface area (Å²) in [6.45, 7) is 3.18. The second-order valence-electron chi connectivity index (χ2n) is 4.80. The Kier molecular flexibility index (Phi) is 5.13. The van der Waals surface area contributed by atoms with Crippen molar-refractivity contribution in [3.8, 4) is 0 Å². The standard InChI is InChI=1S/C13H16F3N3OS/c1-18-6-8-19(9-7-18)17-12(20)10-2-4-11(5-3-10)21-13(14,15)16/h2-5H,6-9H2,1H3,(H,17,20). The third-order valence-corrected chi connectivity index (χ3v) is 3.85. The Balaban J connectivity index is 1.91. The molecule has 0 aromatic heterocycles. The van der Waals surface area contributed by atoms with Gasteiger partial charge in [0.15, 0.2) is 0 Å². The lowest BCUT2D eigenvalue weighted by molar-refractivity contribution is -0.0328. The highest BCUT2D eigenvalue weighted by atomic mass is 32.2. The Hall–Kier alpha value is -1.25. The monoisotopic (exact) mass is 319 g/mol. The van der Waals surface area contributed by atoms with Crippen LogP contribution >= 0.6 is 11.8 Å². The molecule has 1 N–H and O–H groups in total. The summed E-state index contributed by atoms with van der Waals surface area (Å²) >= 11 is -0.191. The molecular weight excluding hydrogens is 303 g/mol. The van der Waals surface area contributed by atoms with Crippen molar-refractivity contribution in [2.24, 2.45) is 0 Å². The molecule has 1 fully saturated rings. The predicted octanol–water partition coefficient (Wildman–Crippen LogP) is 2.19. The number of hydrazine groups is 1. The van der Waals surface area contributed by atoms with Crippen molar-refractivity contribution in [3.05, 3.63) is 29.8 Å². The summed E-state index contributed by atoms with van der Waals surface area (Å²) in [5, 5.41) is 1.82. The van der Waals surface area contributed by atoms with Gasteiger partial charge in [-0.1, -0.05) is 0 Å². The van der Waals surface area contributed by atoms with Crippen molar-refractivity contribution in [1.82, 2.24) is 15.3 Å². The van der Waals surface area contributed by atoms with Gasteiger partial charge < -0.3 is 4.90 Å². The van der Waals surface area contributed by atoms with Gasteiger partial charge in [-0.2, -0.15) is 13.2 Å². The van der Waals surface area contributed by atoms with Crippen LogP contribution < -0.4 is 5.43 Å². The maximum absolute atomic E-state index is 12.2. The average molecular weight is 319 g/mol. The zero-order chi connectivity index (χ0) is 15.5. The molecule has 0 aliphatic carbocycles.